The third kappa shape index (κ3) is 4.42. The Morgan fingerprint density at radius 2 is 2.06 bits per heavy atom. The van der Waals surface area contributed by atoms with Crippen molar-refractivity contribution in [3.8, 4) is 0 Å². The molecule has 0 amide bonds. The van der Waals surface area contributed by atoms with Crippen LogP contribution in [0.1, 0.15) is 58.7 Å². The van der Waals surface area contributed by atoms with E-state index in [1.54, 1.807) is 0 Å². The molecule has 4 heteroatoms. The van der Waals surface area contributed by atoms with Crippen LogP contribution in [0.3, 0.4) is 0 Å². The van der Waals surface area contributed by atoms with Crippen molar-refractivity contribution < 1.29 is 5.11 Å². The van der Waals surface area contributed by atoms with Gasteiger partial charge in [0.1, 0.15) is 0 Å². The summed E-state index contributed by atoms with van der Waals surface area (Å²) in [7, 11) is 0. The maximum Gasteiger partial charge on any atom is 0.0762 e. The highest BCUT2D eigenvalue weighted by Gasteiger charge is 2.16. The summed E-state index contributed by atoms with van der Waals surface area (Å²) in [5, 5.41) is 17.7. The second-order valence-electron chi connectivity index (χ2n) is 5.21. The Kier molecular flexibility index (Phi) is 5.82. The monoisotopic (exact) mass is 253 g/mol. The summed E-state index contributed by atoms with van der Waals surface area (Å²) in [6, 6.07) is 2.55. The molecule has 1 atom stereocenters. The Bertz CT molecular complexity index is 343. The van der Waals surface area contributed by atoms with E-state index in [0.717, 1.165) is 25.0 Å². The first-order valence-electron chi connectivity index (χ1n) is 6.99. The lowest BCUT2D eigenvalue weighted by Gasteiger charge is -2.21. The predicted molar refractivity (Wildman–Crippen MR) is 74.5 cm³/mol. The molecule has 4 nitrogen and oxygen atoms in total. The van der Waals surface area contributed by atoms with E-state index in [1.165, 1.54) is 0 Å². The van der Waals surface area contributed by atoms with Gasteiger partial charge in [0.25, 0.3) is 0 Å². The van der Waals surface area contributed by atoms with Crippen molar-refractivity contribution in [3.05, 3.63) is 18.0 Å². The summed E-state index contributed by atoms with van der Waals surface area (Å²) in [5.41, 5.74) is 0.409. The van der Waals surface area contributed by atoms with Crippen molar-refractivity contribution in [3.63, 3.8) is 0 Å². The van der Waals surface area contributed by atoms with Crippen molar-refractivity contribution >= 4 is 0 Å². The van der Waals surface area contributed by atoms with Crippen LogP contribution >= 0.6 is 0 Å². The highest BCUT2D eigenvalue weighted by Crippen LogP contribution is 2.14. The van der Waals surface area contributed by atoms with Crippen LogP contribution in [0.4, 0.5) is 0 Å². The van der Waals surface area contributed by atoms with Gasteiger partial charge in [0.15, 0.2) is 0 Å². The van der Waals surface area contributed by atoms with Gasteiger partial charge in [0.05, 0.1) is 17.3 Å². The van der Waals surface area contributed by atoms with Gasteiger partial charge in [-0.1, -0.05) is 20.8 Å². The molecule has 1 heterocycles. The molecule has 0 aliphatic rings. The Morgan fingerprint density at radius 3 is 2.61 bits per heavy atom. The summed E-state index contributed by atoms with van der Waals surface area (Å²) in [6.45, 7) is 9.52. The minimum absolute atomic E-state index is 0.498. The van der Waals surface area contributed by atoms with Gasteiger partial charge >= 0.3 is 0 Å². The maximum absolute atomic E-state index is 9.88. The van der Waals surface area contributed by atoms with Crippen LogP contribution in [0.2, 0.25) is 0 Å². The fourth-order valence-electron chi connectivity index (χ4n) is 1.92. The van der Waals surface area contributed by atoms with E-state index in [9.17, 15) is 5.11 Å². The van der Waals surface area contributed by atoms with E-state index >= 15 is 0 Å². The Hall–Kier alpha value is -0.870. The Labute approximate surface area is 110 Å². The topological polar surface area (TPSA) is 50.1 Å². The van der Waals surface area contributed by atoms with Crippen molar-refractivity contribution in [1.29, 1.82) is 0 Å². The summed E-state index contributed by atoms with van der Waals surface area (Å²) in [5.74, 6) is 0. The zero-order valence-electron chi connectivity index (χ0n) is 12.1. The standard InChI is InChI=1S/C14H27N3O/c1-5-13(6-2)17-9-8-12(16-17)10-15-11-14(4,18)7-3/h8-9,13,15,18H,5-7,10-11H2,1-4H3. The predicted octanol–water partition coefficient (Wildman–Crippen LogP) is 2.49. The number of aliphatic hydroxyl groups is 1. The molecule has 0 saturated heterocycles. The largest absolute Gasteiger partial charge is 0.389 e. The van der Waals surface area contributed by atoms with Gasteiger partial charge in [-0.15, -0.1) is 0 Å². The molecule has 0 fully saturated rings. The van der Waals surface area contributed by atoms with Crippen LogP contribution in [0.15, 0.2) is 12.3 Å². The van der Waals surface area contributed by atoms with Gasteiger partial charge in [-0.3, -0.25) is 4.68 Å². The van der Waals surface area contributed by atoms with Crippen molar-refractivity contribution in [2.75, 3.05) is 6.54 Å². The number of nitrogens with zero attached hydrogens (tertiary/aromatic N) is 2. The summed E-state index contributed by atoms with van der Waals surface area (Å²) < 4.78 is 2.05. The van der Waals surface area contributed by atoms with Gasteiger partial charge in [-0.25, -0.2) is 0 Å². The van der Waals surface area contributed by atoms with Gasteiger partial charge in [0, 0.05) is 19.3 Å². The first-order valence-corrected chi connectivity index (χ1v) is 6.99. The van der Waals surface area contributed by atoms with Crippen LogP contribution in [0.5, 0.6) is 0 Å². The van der Waals surface area contributed by atoms with Crippen LogP contribution < -0.4 is 5.32 Å². The quantitative estimate of drug-likeness (QED) is 0.748. The van der Waals surface area contributed by atoms with Crippen molar-refractivity contribution in [1.82, 2.24) is 15.1 Å². The lowest BCUT2D eigenvalue weighted by Crippen LogP contribution is -2.36. The number of hydrogen-bond donors (Lipinski definition) is 2. The molecule has 0 aliphatic carbocycles. The molecule has 0 bridgehead atoms. The van der Waals surface area contributed by atoms with Gasteiger partial charge in [-0.2, -0.15) is 5.10 Å². The zero-order chi connectivity index (χ0) is 13.6. The van der Waals surface area contributed by atoms with E-state index in [1.807, 2.05) is 26.1 Å². The van der Waals surface area contributed by atoms with Gasteiger partial charge < -0.3 is 10.4 Å². The highest BCUT2D eigenvalue weighted by molar-refractivity contribution is 4.99. The number of nitrogens with one attached hydrogen (secondary N) is 1. The molecule has 0 radical (unpaired) electrons. The molecule has 1 aromatic heterocycles. The molecule has 0 aromatic carbocycles. The molecule has 0 spiro atoms. The van der Waals surface area contributed by atoms with Crippen LogP contribution in [0.25, 0.3) is 0 Å². The highest BCUT2D eigenvalue weighted by atomic mass is 16.3. The molecular weight excluding hydrogens is 226 g/mol. The Balaban J connectivity index is 2.45. The lowest BCUT2D eigenvalue weighted by atomic mass is 10.0. The second kappa shape index (κ2) is 6.90. The first-order chi connectivity index (χ1) is 8.52. The molecular formula is C14H27N3O. The molecule has 2 N–H and O–H groups in total. The third-order valence-electron chi connectivity index (χ3n) is 3.55. The molecule has 1 unspecified atom stereocenters. The number of hydrogen-bond acceptors (Lipinski definition) is 3. The van der Waals surface area contributed by atoms with Crippen LogP contribution in [-0.2, 0) is 6.54 Å². The molecule has 0 aliphatic heterocycles. The van der Waals surface area contributed by atoms with Crippen molar-refractivity contribution in [2.24, 2.45) is 0 Å². The average molecular weight is 253 g/mol. The van der Waals surface area contributed by atoms with Crippen LogP contribution in [0, 0.1) is 0 Å². The normalized spacial score (nSPS) is 15.0. The minimum atomic E-state index is -0.627. The molecule has 0 saturated carbocycles. The summed E-state index contributed by atoms with van der Waals surface area (Å²) in [6.07, 6.45) is 5.01. The number of aromatic nitrogens is 2. The molecule has 1 aromatic rings. The minimum Gasteiger partial charge on any atom is -0.389 e. The van der Waals surface area contributed by atoms with Gasteiger partial charge in [0.2, 0.25) is 0 Å². The average Bonchev–Trinajstić information content (AvgIpc) is 2.79. The fraction of sp³-hybridized carbons (Fsp3) is 0.786. The number of rotatable bonds is 8. The van der Waals surface area contributed by atoms with Crippen molar-refractivity contribution in [2.45, 2.75) is 65.1 Å². The van der Waals surface area contributed by atoms with E-state index < -0.39 is 5.60 Å². The van der Waals surface area contributed by atoms with Gasteiger partial charge in [-0.05, 0) is 32.3 Å². The first kappa shape index (κ1) is 15.2. The summed E-state index contributed by atoms with van der Waals surface area (Å²) >= 11 is 0. The SMILES string of the molecule is CCC(CC)n1ccc(CNCC(C)(O)CC)n1. The smallest absolute Gasteiger partial charge is 0.0762 e. The molecule has 104 valence electrons. The van der Waals surface area contributed by atoms with Crippen LogP contribution in [-0.4, -0.2) is 27.0 Å². The molecule has 1 rings (SSSR count). The molecule has 18 heavy (non-hydrogen) atoms. The van der Waals surface area contributed by atoms with E-state index in [-0.39, 0.29) is 0 Å². The summed E-state index contributed by atoms with van der Waals surface area (Å²) in [4.78, 5) is 0. The van der Waals surface area contributed by atoms with E-state index in [4.69, 9.17) is 0 Å². The Morgan fingerprint density at radius 1 is 1.39 bits per heavy atom. The fourth-order valence-corrected chi connectivity index (χ4v) is 1.92. The lowest BCUT2D eigenvalue weighted by molar-refractivity contribution is 0.0555. The van der Waals surface area contributed by atoms with E-state index in [0.29, 0.717) is 19.1 Å². The second-order valence-corrected chi connectivity index (χ2v) is 5.21. The third-order valence-corrected chi connectivity index (χ3v) is 3.55. The van der Waals surface area contributed by atoms with E-state index in [2.05, 4.69) is 28.9 Å². The maximum atomic E-state index is 9.88. The zero-order valence-corrected chi connectivity index (χ0v) is 12.1.